The Kier molecular flexibility index (Phi) is 3.67. The molecule has 1 aliphatic rings. The van der Waals surface area contributed by atoms with Crippen molar-refractivity contribution in [1.29, 1.82) is 0 Å². The zero-order valence-corrected chi connectivity index (χ0v) is 13.7. The lowest BCUT2D eigenvalue weighted by molar-refractivity contribution is -0.114. The van der Waals surface area contributed by atoms with Gasteiger partial charge in [-0.05, 0) is 42.0 Å². The van der Waals surface area contributed by atoms with Crippen LogP contribution in [0.25, 0.3) is 0 Å². The van der Waals surface area contributed by atoms with Crippen LogP contribution in [0, 0.1) is 5.82 Å². The number of benzene rings is 2. The summed E-state index contributed by atoms with van der Waals surface area (Å²) in [6.07, 6.45) is 0. The highest BCUT2D eigenvalue weighted by atomic mass is 79.9. The maximum atomic E-state index is 13.4. The molecule has 3 rings (SSSR count). The van der Waals surface area contributed by atoms with Crippen LogP contribution < -0.4 is 4.90 Å². The number of ketones is 1. The van der Waals surface area contributed by atoms with Gasteiger partial charge in [0.05, 0.1) is 17.8 Å². The number of fused-ring (bicyclic) bond motifs is 1. The summed E-state index contributed by atoms with van der Waals surface area (Å²) in [7, 11) is 0. The number of carbonyl (C=O) groups is 2. The summed E-state index contributed by atoms with van der Waals surface area (Å²) in [5.41, 5.74) is 1.52. The molecular weight excluding hydrogens is 405 g/mol. The van der Waals surface area contributed by atoms with Crippen LogP contribution in [0.15, 0.2) is 45.3 Å². The van der Waals surface area contributed by atoms with Crippen molar-refractivity contribution in [2.75, 3.05) is 4.90 Å². The number of rotatable bonds is 2. The quantitative estimate of drug-likeness (QED) is 0.697. The Morgan fingerprint density at radius 2 is 1.76 bits per heavy atom. The fourth-order valence-corrected chi connectivity index (χ4v) is 3.17. The highest BCUT2D eigenvalue weighted by Crippen LogP contribution is 2.33. The maximum Gasteiger partial charge on any atom is 0.299 e. The van der Waals surface area contributed by atoms with E-state index in [0.717, 1.165) is 4.47 Å². The van der Waals surface area contributed by atoms with E-state index < -0.39 is 17.5 Å². The van der Waals surface area contributed by atoms with E-state index in [1.807, 2.05) is 0 Å². The predicted molar refractivity (Wildman–Crippen MR) is 83.8 cm³/mol. The number of carbonyl (C=O) groups excluding carboxylic acids is 2. The van der Waals surface area contributed by atoms with Gasteiger partial charge in [-0.1, -0.05) is 31.9 Å². The molecule has 1 heterocycles. The first-order valence-electron chi connectivity index (χ1n) is 6.06. The van der Waals surface area contributed by atoms with Crippen LogP contribution in [-0.2, 0) is 11.3 Å². The van der Waals surface area contributed by atoms with Crippen molar-refractivity contribution in [2.45, 2.75) is 6.54 Å². The molecule has 0 saturated heterocycles. The van der Waals surface area contributed by atoms with Gasteiger partial charge in [0.25, 0.3) is 11.7 Å². The average Bonchev–Trinajstić information content (AvgIpc) is 2.62. The molecule has 6 heteroatoms. The lowest BCUT2D eigenvalue weighted by atomic mass is 10.1. The number of hydrogen-bond donors (Lipinski definition) is 0. The van der Waals surface area contributed by atoms with Gasteiger partial charge in [0.1, 0.15) is 5.82 Å². The molecule has 0 fully saturated rings. The Labute approximate surface area is 137 Å². The van der Waals surface area contributed by atoms with Crippen molar-refractivity contribution in [3.05, 3.63) is 62.3 Å². The molecule has 0 N–H and O–H groups in total. The molecule has 0 atom stereocenters. The minimum atomic E-state index is -0.594. The molecule has 106 valence electrons. The number of anilines is 1. The molecule has 3 nitrogen and oxygen atoms in total. The van der Waals surface area contributed by atoms with Crippen molar-refractivity contribution in [2.24, 2.45) is 0 Å². The van der Waals surface area contributed by atoms with Crippen LogP contribution >= 0.6 is 31.9 Å². The third-order valence-corrected chi connectivity index (χ3v) is 4.15. The molecule has 0 radical (unpaired) electrons. The van der Waals surface area contributed by atoms with Crippen LogP contribution in [0.4, 0.5) is 10.1 Å². The highest BCUT2D eigenvalue weighted by Gasteiger charge is 2.35. The second kappa shape index (κ2) is 5.35. The molecule has 0 spiro atoms. The third kappa shape index (κ3) is 2.65. The van der Waals surface area contributed by atoms with Gasteiger partial charge in [-0.3, -0.25) is 9.59 Å². The minimum absolute atomic E-state index is 0.143. The zero-order chi connectivity index (χ0) is 15.1. The number of Topliss-reactive ketones (excluding diaryl/α,β-unsaturated/α-hetero) is 1. The van der Waals surface area contributed by atoms with Crippen molar-refractivity contribution in [1.82, 2.24) is 0 Å². The summed E-state index contributed by atoms with van der Waals surface area (Å²) in [5.74, 6) is -1.52. The Morgan fingerprint density at radius 3 is 2.48 bits per heavy atom. The molecular formula is C15H8Br2FNO2. The minimum Gasteiger partial charge on any atom is -0.300 e. The third-order valence-electron chi connectivity index (χ3n) is 3.20. The molecule has 0 aromatic heterocycles. The van der Waals surface area contributed by atoms with Gasteiger partial charge in [-0.2, -0.15) is 0 Å². The number of hydrogen-bond acceptors (Lipinski definition) is 2. The van der Waals surface area contributed by atoms with Crippen LogP contribution in [0.1, 0.15) is 15.9 Å². The van der Waals surface area contributed by atoms with E-state index in [0.29, 0.717) is 21.3 Å². The summed E-state index contributed by atoms with van der Waals surface area (Å²) in [6.45, 7) is 0.143. The predicted octanol–water partition coefficient (Wildman–Crippen LogP) is 4.08. The van der Waals surface area contributed by atoms with Crippen LogP contribution in [0.2, 0.25) is 0 Å². The molecule has 0 aliphatic carbocycles. The normalized spacial score (nSPS) is 13.8. The van der Waals surface area contributed by atoms with Gasteiger partial charge < -0.3 is 4.90 Å². The number of amides is 1. The topological polar surface area (TPSA) is 37.4 Å². The van der Waals surface area contributed by atoms with Gasteiger partial charge in [0.2, 0.25) is 0 Å². The lowest BCUT2D eigenvalue weighted by Crippen LogP contribution is -2.29. The first kappa shape index (κ1) is 14.4. The van der Waals surface area contributed by atoms with Crippen molar-refractivity contribution >= 4 is 49.2 Å². The van der Waals surface area contributed by atoms with Crippen LogP contribution in [0.5, 0.6) is 0 Å². The maximum absolute atomic E-state index is 13.4. The molecule has 2 aromatic rings. The molecule has 0 unspecified atom stereocenters. The Hall–Kier alpha value is -1.53. The zero-order valence-electron chi connectivity index (χ0n) is 10.6. The second-order valence-corrected chi connectivity index (χ2v) is 6.49. The average molecular weight is 413 g/mol. The molecule has 0 bridgehead atoms. The molecule has 2 aromatic carbocycles. The van der Waals surface area contributed by atoms with E-state index in [2.05, 4.69) is 31.9 Å². The summed E-state index contributed by atoms with van der Waals surface area (Å²) < 4.78 is 14.8. The van der Waals surface area contributed by atoms with Crippen LogP contribution in [-0.4, -0.2) is 11.7 Å². The van der Waals surface area contributed by atoms with Gasteiger partial charge in [-0.25, -0.2) is 4.39 Å². The molecule has 1 amide bonds. The van der Waals surface area contributed by atoms with Crippen molar-refractivity contribution < 1.29 is 14.0 Å². The van der Waals surface area contributed by atoms with Gasteiger partial charge in [0, 0.05) is 8.95 Å². The standard InChI is InChI=1S/C15H8Br2FNO2/c16-9-1-2-12-13(6-9)19(15(21)14(12)20)7-8-3-10(17)5-11(18)4-8/h1-6H,7H2. The first-order chi connectivity index (χ1) is 9.95. The summed E-state index contributed by atoms with van der Waals surface area (Å²) in [4.78, 5) is 25.4. The monoisotopic (exact) mass is 411 g/mol. The van der Waals surface area contributed by atoms with Crippen molar-refractivity contribution in [3.8, 4) is 0 Å². The van der Waals surface area contributed by atoms with Crippen LogP contribution in [0.3, 0.4) is 0 Å². The van der Waals surface area contributed by atoms with Gasteiger partial charge >= 0.3 is 0 Å². The SMILES string of the molecule is O=C1C(=O)N(Cc2cc(F)cc(Br)c2)c2cc(Br)ccc21. The molecule has 1 aliphatic heterocycles. The van der Waals surface area contributed by atoms with E-state index in [1.54, 1.807) is 24.3 Å². The van der Waals surface area contributed by atoms with Gasteiger partial charge in [-0.15, -0.1) is 0 Å². The Bertz CT molecular complexity index is 756. The first-order valence-corrected chi connectivity index (χ1v) is 7.65. The van der Waals surface area contributed by atoms with Crippen molar-refractivity contribution in [3.63, 3.8) is 0 Å². The lowest BCUT2D eigenvalue weighted by Gasteiger charge is -2.17. The van der Waals surface area contributed by atoms with Gasteiger partial charge in [0.15, 0.2) is 0 Å². The highest BCUT2D eigenvalue weighted by molar-refractivity contribution is 9.10. The molecule has 21 heavy (non-hydrogen) atoms. The van der Waals surface area contributed by atoms with E-state index in [1.165, 1.54) is 17.0 Å². The Morgan fingerprint density at radius 1 is 1.00 bits per heavy atom. The van der Waals surface area contributed by atoms with E-state index >= 15 is 0 Å². The summed E-state index contributed by atoms with van der Waals surface area (Å²) >= 11 is 6.54. The van der Waals surface area contributed by atoms with E-state index in [9.17, 15) is 14.0 Å². The number of halogens is 3. The van der Waals surface area contributed by atoms with E-state index in [4.69, 9.17) is 0 Å². The van der Waals surface area contributed by atoms with E-state index in [-0.39, 0.29) is 6.54 Å². The largest absolute Gasteiger partial charge is 0.300 e. The number of nitrogens with zero attached hydrogens (tertiary/aromatic N) is 1. The second-order valence-electron chi connectivity index (χ2n) is 4.66. The Balaban J connectivity index is 2.01. The summed E-state index contributed by atoms with van der Waals surface area (Å²) in [6, 6.07) is 9.44. The smallest absolute Gasteiger partial charge is 0.299 e. The summed E-state index contributed by atoms with van der Waals surface area (Å²) in [5, 5.41) is 0. The fourth-order valence-electron chi connectivity index (χ4n) is 2.31. The molecule has 0 saturated carbocycles. The fraction of sp³-hybridized carbons (Fsp3) is 0.0667.